The number of thiophene rings is 2. The van der Waals surface area contributed by atoms with Crippen LogP contribution in [0.3, 0.4) is 0 Å². The number of H-pyrrole nitrogens is 1. The average Bonchev–Trinajstić information content (AvgIpc) is 2.96. The second-order valence-corrected chi connectivity index (χ2v) is 7.88. The summed E-state index contributed by atoms with van der Waals surface area (Å²) in [5.74, 6) is 2.11. The summed E-state index contributed by atoms with van der Waals surface area (Å²) in [5.41, 5.74) is 2.27. The summed E-state index contributed by atoms with van der Waals surface area (Å²) in [5, 5.41) is 5.29. The second kappa shape index (κ2) is 5.39. The predicted molar refractivity (Wildman–Crippen MR) is 88.7 cm³/mol. The van der Waals surface area contributed by atoms with E-state index >= 15 is 0 Å². The van der Waals surface area contributed by atoms with Crippen molar-refractivity contribution in [1.82, 2.24) is 9.97 Å². The van der Waals surface area contributed by atoms with Crippen molar-refractivity contribution in [2.24, 2.45) is 5.92 Å². The second-order valence-electron chi connectivity index (χ2n) is 4.97. The summed E-state index contributed by atoms with van der Waals surface area (Å²) >= 11 is 5.38. The van der Waals surface area contributed by atoms with Gasteiger partial charge in [0.1, 0.15) is 5.69 Å². The van der Waals surface area contributed by atoms with Gasteiger partial charge in [-0.15, -0.1) is 22.7 Å². The Morgan fingerprint density at radius 2 is 1.90 bits per heavy atom. The summed E-state index contributed by atoms with van der Waals surface area (Å²) in [6.07, 6.45) is 2.78. The van der Waals surface area contributed by atoms with E-state index in [1.165, 1.54) is 34.0 Å². The van der Waals surface area contributed by atoms with Crippen LogP contribution in [0.5, 0.6) is 0 Å². The molecule has 3 aromatic heterocycles. The van der Waals surface area contributed by atoms with Gasteiger partial charge in [0.25, 0.3) is 0 Å². The molecule has 0 unspecified atom stereocenters. The molecule has 0 spiro atoms. The Morgan fingerprint density at radius 1 is 1.15 bits per heavy atom. The van der Waals surface area contributed by atoms with Gasteiger partial charge in [-0.3, -0.25) is 0 Å². The molecule has 3 heterocycles. The van der Waals surface area contributed by atoms with Crippen LogP contribution in [0.4, 0.5) is 0 Å². The minimum Gasteiger partial charge on any atom is -0.332 e. The van der Waals surface area contributed by atoms with Crippen LogP contribution in [-0.2, 0) is 0 Å². The molecule has 1 fully saturated rings. The monoisotopic (exact) mass is 318 g/mol. The van der Waals surface area contributed by atoms with Gasteiger partial charge in [-0.1, -0.05) is 23.9 Å². The molecular weight excluding hydrogens is 304 g/mol. The fourth-order valence-corrected chi connectivity index (χ4v) is 4.60. The van der Waals surface area contributed by atoms with Gasteiger partial charge < -0.3 is 4.98 Å². The van der Waals surface area contributed by atoms with Crippen molar-refractivity contribution in [3.05, 3.63) is 35.0 Å². The van der Waals surface area contributed by atoms with E-state index in [0.29, 0.717) is 0 Å². The standard InChI is InChI=1S/C15H14N2S3/c1-3-11(18-7-1)13-14(12-4-2-8-19-12)17-15(16-13)20-9-10-5-6-10/h1-4,7-8,10H,5-6,9H2,(H,16,17). The van der Waals surface area contributed by atoms with Crippen LogP contribution in [0.15, 0.2) is 40.2 Å². The third-order valence-corrected chi connectivity index (χ3v) is 6.23. The molecule has 0 aliphatic heterocycles. The molecule has 1 aliphatic carbocycles. The lowest BCUT2D eigenvalue weighted by Gasteiger charge is -1.96. The van der Waals surface area contributed by atoms with E-state index in [-0.39, 0.29) is 0 Å². The zero-order valence-corrected chi connectivity index (χ0v) is 13.3. The molecule has 1 saturated carbocycles. The first-order chi connectivity index (χ1) is 9.90. The van der Waals surface area contributed by atoms with Crippen molar-refractivity contribution in [2.45, 2.75) is 18.0 Å². The molecule has 0 amide bonds. The molecule has 1 aliphatic rings. The van der Waals surface area contributed by atoms with Crippen molar-refractivity contribution in [3.8, 4) is 21.1 Å². The van der Waals surface area contributed by atoms with E-state index in [1.807, 2.05) is 11.8 Å². The number of imidazole rings is 1. The Bertz CT molecular complexity index is 627. The van der Waals surface area contributed by atoms with E-state index < -0.39 is 0 Å². The summed E-state index contributed by atoms with van der Waals surface area (Å²) < 4.78 is 0. The molecule has 102 valence electrons. The topological polar surface area (TPSA) is 28.7 Å². The Labute approximate surface area is 130 Å². The molecule has 0 atom stereocenters. The molecule has 0 radical (unpaired) electrons. The first kappa shape index (κ1) is 12.7. The number of nitrogens with zero attached hydrogens (tertiary/aromatic N) is 1. The molecule has 1 N–H and O–H groups in total. The predicted octanol–water partition coefficient (Wildman–Crippen LogP) is 5.37. The van der Waals surface area contributed by atoms with E-state index in [4.69, 9.17) is 4.98 Å². The molecule has 2 nitrogen and oxygen atoms in total. The molecule has 4 rings (SSSR count). The van der Waals surface area contributed by atoms with E-state index in [9.17, 15) is 0 Å². The highest BCUT2D eigenvalue weighted by Crippen LogP contribution is 2.39. The van der Waals surface area contributed by atoms with Crippen LogP contribution in [-0.4, -0.2) is 15.7 Å². The maximum absolute atomic E-state index is 4.83. The molecular formula is C15H14N2S3. The van der Waals surface area contributed by atoms with Crippen molar-refractivity contribution in [1.29, 1.82) is 0 Å². The van der Waals surface area contributed by atoms with Crippen LogP contribution >= 0.6 is 34.4 Å². The summed E-state index contributed by atoms with van der Waals surface area (Å²) in [6, 6.07) is 8.48. The number of nitrogens with one attached hydrogen (secondary N) is 1. The third kappa shape index (κ3) is 2.57. The van der Waals surface area contributed by atoms with Crippen molar-refractivity contribution >= 4 is 34.4 Å². The lowest BCUT2D eigenvalue weighted by molar-refractivity contribution is 0.983. The quantitative estimate of drug-likeness (QED) is 0.641. The van der Waals surface area contributed by atoms with Gasteiger partial charge in [-0.2, -0.15) is 0 Å². The smallest absolute Gasteiger partial charge is 0.166 e. The number of aromatic amines is 1. The minimum absolute atomic E-state index is 0.917. The van der Waals surface area contributed by atoms with Crippen LogP contribution in [0.2, 0.25) is 0 Å². The van der Waals surface area contributed by atoms with Crippen molar-refractivity contribution in [2.75, 3.05) is 5.75 Å². The van der Waals surface area contributed by atoms with Crippen molar-refractivity contribution in [3.63, 3.8) is 0 Å². The number of hydrogen-bond acceptors (Lipinski definition) is 4. The average molecular weight is 318 g/mol. The fraction of sp³-hybridized carbons (Fsp3) is 0.267. The Balaban J connectivity index is 1.70. The Kier molecular flexibility index (Phi) is 3.42. The van der Waals surface area contributed by atoms with Gasteiger partial charge in [-0.25, -0.2) is 4.98 Å². The highest BCUT2D eigenvalue weighted by atomic mass is 32.2. The molecule has 0 bridgehead atoms. The largest absolute Gasteiger partial charge is 0.332 e. The van der Waals surface area contributed by atoms with Crippen LogP contribution in [0.25, 0.3) is 21.1 Å². The van der Waals surface area contributed by atoms with E-state index in [2.05, 4.69) is 40.0 Å². The number of hydrogen-bond donors (Lipinski definition) is 1. The summed E-state index contributed by atoms with van der Waals surface area (Å²) in [4.78, 5) is 10.9. The Morgan fingerprint density at radius 3 is 2.55 bits per heavy atom. The van der Waals surface area contributed by atoms with E-state index in [0.717, 1.165) is 16.8 Å². The van der Waals surface area contributed by atoms with E-state index in [1.54, 1.807) is 22.7 Å². The highest BCUT2D eigenvalue weighted by molar-refractivity contribution is 7.99. The third-order valence-electron chi connectivity index (χ3n) is 3.36. The molecule has 5 heteroatoms. The van der Waals surface area contributed by atoms with Gasteiger partial charge in [-0.05, 0) is 41.7 Å². The van der Waals surface area contributed by atoms with Crippen LogP contribution in [0, 0.1) is 5.92 Å². The number of rotatable bonds is 5. The van der Waals surface area contributed by atoms with Gasteiger partial charge in [0.15, 0.2) is 5.16 Å². The molecule has 3 aromatic rings. The van der Waals surface area contributed by atoms with Crippen LogP contribution < -0.4 is 0 Å². The number of thioether (sulfide) groups is 1. The lowest BCUT2D eigenvalue weighted by Crippen LogP contribution is -1.82. The normalized spacial score (nSPS) is 14.8. The van der Waals surface area contributed by atoms with Gasteiger partial charge in [0.05, 0.1) is 15.4 Å². The lowest BCUT2D eigenvalue weighted by atomic mass is 10.2. The summed E-state index contributed by atoms with van der Waals surface area (Å²) in [7, 11) is 0. The molecule has 0 aromatic carbocycles. The number of aromatic nitrogens is 2. The highest BCUT2D eigenvalue weighted by Gasteiger charge is 2.23. The zero-order chi connectivity index (χ0) is 13.4. The Hall–Kier alpha value is -1.04. The summed E-state index contributed by atoms with van der Waals surface area (Å²) in [6.45, 7) is 0. The van der Waals surface area contributed by atoms with Gasteiger partial charge in [0.2, 0.25) is 0 Å². The first-order valence-electron chi connectivity index (χ1n) is 6.71. The zero-order valence-electron chi connectivity index (χ0n) is 10.8. The fourth-order valence-electron chi connectivity index (χ4n) is 2.09. The minimum atomic E-state index is 0.917. The van der Waals surface area contributed by atoms with Crippen LogP contribution in [0.1, 0.15) is 12.8 Å². The van der Waals surface area contributed by atoms with Gasteiger partial charge in [0, 0.05) is 5.75 Å². The molecule has 20 heavy (non-hydrogen) atoms. The SMILES string of the molecule is c1csc(-c2nc(SCC3CC3)[nH]c2-c2cccs2)c1. The maximum Gasteiger partial charge on any atom is 0.166 e. The molecule has 0 saturated heterocycles. The van der Waals surface area contributed by atoms with Gasteiger partial charge >= 0.3 is 0 Å². The van der Waals surface area contributed by atoms with Crippen molar-refractivity contribution < 1.29 is 0 Å². The maximum atomic E-state index is 4.83. The first-order valence-corrected chi connectivity index (χ1v) is 9.45.